The van der Waals surface area contributed by atoms with E-state index in [1.807, 2.05) is 0 Å². The number of fused-ring (bicyclic) bond motifs is 1. The van der Waals surface area contributed by atoms with Gasteiger partial charge in [0.05, 0.1) is 27.9 Å². The Labute approximate surface area is 142 Å². The monoisotopic (exact) mass is 383 g/mol. The number of aryl methyl sites for hydroxylation is 1. The second-order valence-corrected chi connectivity index (χ2v) is 8.07. The molecule has 0 aliphatic heterocycles. The van der Waals surface area contributed by atoms with E-state index >= 15 is 0 Å². The number of aromatic nitrogens is 2. The highest BCUT2D eigenvalue weighted by Gasteiger charge is 2.33. The molecule has 2 rings (SSSR count). The molecular weight excluding hydrogens is 367 g/mol. The number of hydrogen-bond acceptors (Lipinski definition) is 3. The summed E-state index contributed by atoms with van der Waals surface area (Å²) in [5, 5.41) is -0.375. The Bertz CT molecular complexity index is 834. The van der Waals surface area contributed by atoms with Gasteiger partial charge >= 0.3 is 6.18 Å². The summed E-state index contributed by atoms with van der Waals surface area (Å²) in [7, 11) is -1.71. The Morgan fingerprint density at radius 2 is 1.96 bits per heavy atom. The first-order chi connectivity index (χ1) is 11.0. The Kier molecular flexibility index (Phi) is 5.46. The predicted molar refractivity (Wildman–Crippen MR) is 86.5 cm³/mol. The van der Waals surface area contributed by atoms with Crippen molar-refractivity contribution in [2.75, 3.05) is 19.8 Å². The van der Waals surface area contributed by atoms with Gasteiger partial charge in [-0.1, -0.05) is 11.6 Å². The summed E-state index contributed by atoms with van der Waals surface area (Å²) in [6.07, 6.45) is -1.62. The molecule has 0 spiro atoms. The lowest BCUT2D eigenvalue weighted by Gasteiger charge is -2.12. The van der Waals surface area contributed by atoms with Crippen LogP contribution in [0.4, 0.5) is 13.2 Å². The van der Waals surface area contributed by atoms with Crippen LogP contribution in [-0.2, 0) is 22.6 Å². The molecule has 0 aliphatic carbocycles. The standard InChI is InChI=1S/C14H17ClF3N3O2S/c1-21(24(2,22)23)6-4-3-5-13-19-11-7-9(14(16,17)18)10(15)8-12(11)20-13/h7-8H,3-6H2,1-2H3,(H,19,20). The van der Waals surface area contributed by atoms with Crippen molar-refractivity contribution in [3.05, 3.63) is 28.5 Å². The van der Waals surface area contributed by atoms with E-state index in [-0.39, 0.29) is 10.5 Å². The molecule has 0 amide bonds. The van der Waals surface area contributed by atoms with E-state index in [9.17, 15) is 21.6 Å². The van der Waals surface area contributed by atoms with Crippen molar-refractivity contribution in [2.45, 2.75) is 25.4 Å². The average molecular weight is 384 g/mol. The number of hydrogen-bond donors (Lipinski definition) is 1. The van der Waals surface area contributed by atoms with Crippen LogP contribution in [0.3, 0.4) is 0 Å². The Balaban J connectivity index is 2.04. The number of imidazole rings is 1. The van der Waals surface area contributed by atoms with E-state index < -0.39 is 21.8 Å². The summed E-state index contributed by atoms with van der Waals surface area (Å²) in [6, 6.07) is 2.14. The van der Waals surface area contributed by atoms with Crippen molar-refractivity contribution >= 4 is 32.7 Å². The van der Waals surface area contributed by atoms with Crippen molar-refractivity contribution < 1.29 is 21.6 Å². The summed E-state index contributed by atoms with van der Waals surface area (Å²) in [5.41, 5.74) is -0.268. The third-order valence-electron chi connectivity index (χ3n) is 3.63. The first-order valence-corrected chi connectivity index (χ1v) is 9.38. The molecule has 0 saturated heterocycles. The molecule has 1 aromatic carbocycles. The molecule has 0 saturated carbocycles. The van der Waals surface area contributed by atoms with Gasteiger partial charge in [-0.3, -0.25) is 0 Å². The highest BCUT2D eigenvalue weighted by molar-refractivity contribution is 7.88. The fraction of sp³-hybridized carbons (Fsp3) is 0.500. The Morgan fingerprint density at radius 1 is 1.29 bits per heavy atom. The smallest absolute Gasteiger partial charge is 0.342 e. The van der Waals surface area contributed by atoms with E-state index in [2.05, 4.69) is 9.97 Å². The second kappa shape index (κ2) is 6.89. The maximum Gasteiger partial charge on any atom is 0.417 e. The van der Waals surface area contributed by atoms with Gasteiger partial charge in [-0.05, 0) is 25.0 Å². The number of benzene rings is 1. The number of sulfonamides is 1. The van der Waals surface area contributed by atoms with Crippen molar-refractivity contribution in [2.24, 2.45) is 0 Å². The SMILES string of the molecule is CN(CCCCc1nc2cc(C(F)(F)F)c(Cl)cc2[nH]1)S(C)(=O)=O. The zero-order chi connectivity index (χ0) is 18.1. The average Bonchev–Trinajstić information content (AvgIpc) is 2.81. The fourth-order valence-corrected chi connectivity index (χ4v) is 2.94. The van der Waals surface area contributed by atoms with Crippen LogP contribution >= 0.6 is 11.6 Å². The maximum absolute atomic E-state index is 12.8. The van der Waals surface area contributed by atoms with Gasteiger partial charge in [-0.25, -0.2) is 17.7 Å². The number of alkyl halides is 3. The molecule has 0 unspecified atom stereocenters. The number of nitrogens with one attached hydrogen (secondary N) is 1. The normalized spacial score (nSPS) is 13.1. The quantitative estimate of drug-likeness (QED) is 0.777. The fourth-order valence-electron chi connectivity index (χ4n) is 2.21. The maximum atomic E-state index is 12.8. The molecule has 0 bridgehead atoms. The van der Waals surface area contributed by atoms with Crippen LogP contribution in [-0.4, -0.2) is 42.5 Å². The Hall–Kier alpha value is -1.32. The molecule has 10 heteroatoms. The van der Waals surface area contributed by atoms with Crippen molar-refractivity contribution in [3.8, 4) is 0 Å². The number of nitrogens with zero attached hydrogens (tertiary/aromatic N) is 2. The summed E-state index contributed by atoms with van der Waals surface area (Å²) >= 11 is 5.67. The van der Waals surface area contributed by atoms with Gasteiger partial charge in [0.15, 0.2) is 0 Å². The van der Waals surface area contributed by atoms with E-state index in [1.165, 1.54) is 17.4 Å². The summed E-state index contributed by atoms with van der Waals surface area (Å²) in [6.45, 7) is 0.378. The molecule has 1 N–H and O–H groups in total. The van der Waals surface area contributed by atoms with Crippen LogP contribution < -0.4 is 0 Å². The third kappa shape index (κ3) is 4.61. The van der Waals surface area contributed by atoms with Crippen LogP contribution in [0, 0.1) is 0 Å². The molecule has 1 heterocycles. The summed E-state index contributed by atoms with van der Waals surface area (Å²) < 4.78 is 62.3. The predicted octanol–water partition coefficient (Wildman–Crippen LogP) is 3.45. The van der Waals surface area contributed by atoms with E-state index in [0.717, 1.165) is 12.3 Å². The van der Waals surface area contributed by atoms with Crippen LogP contribution in [0.1, 0.15) is 24.2 Å². The minimum Gasteiger partial charge on any atom is -0.342 e. The third-order valence-corrected chi connectivity index (χ3v) is 5.26. The molecular formula is C14H17ClF3N3O2S. The minimum absolute atomic E-state index is 0.204. The van der Waals surface area contributed by atoms with Gasteiger partial charge in [0.1, 0.15) is 5.82 Å². The molecule has 0 aliphatic rings. The second-order valence-electron chi connectivity index (χ2n) is 5.57. The number of aromatic amines is 1. The lowest BCUT2D eigenvalue weighted by atomic mass is 10.2. The number of halogens is 4. The van der Waals surface area contributed by atoms with Gasteiger partial charge in [0.25, 0.3) is 0 Å². The topological polar surface area (TPSA) is 66.1 Å². The van der Waals surface area contributed by atoms with Gasteiger partial charge in [0, 0.05) is 20.0 Å². The molecule has 0 atom stereocenters. The largest absolute Gasteiger partial charge is 0.417 e. The molecule has 5 nitrogen and oxygen atoms in total. The highest BCUT2D eigenvalue weighted by Crippen LogP contribution is 2.36. The molecule has 134 valence electrons. The first-order valence-electron chi connectivity index (χ1n) is 7.15. The van der Waals surface area contributed by atoms with Crippen molar-refractivity contribution in [3.63, 3.8) is 0 Å². The van der Waals surface area contributed by atoms with Gasteiger partial charge < -0.3 is 4.98 Å². The molecule has 1 aromatic heterocycles. The minimum atomic E-state index is -4.53. The molecule has 2 aromatic rings. The van der Waals surface area contributed by atoms with Crippen LogP contribution in [0.2, 0.25) is 5.02 Å². The summed E-state index contributed by atoms with van der Waals surface area (Å²) in [4.78, 5) is 7.09. The van der Waals surface area contributed by atoms with Crippen LogP contribution in [0.25, 0.3) is 11.0 Å². The van der Waals surface area contributed by atoms with E-state index in [0.29, 0.717) is 37.1 Å². The van der Waals surface area contributed by atoms with Crippen LogP contribution in [0.15, 0.2) is 12.1 Å². The Morgan fingerprint density at radius 3 is 2.54 bits per heavy atom. The highest BCUT2D eigenvalue weighted by atomic mass is 35.5. The van der Waals surface area contributed by atoms with Crippen molar-refractivity contribution in [1.29, 1.82) is 0 Å². The van der Waals surface area contributed by atoms with E-state index in [1.54, 1.807) is 0 Å². The van der Waals surface area contributed by atoms with E-state index in [4.69, 9.17) is 11.6 Å². The van der Waals surface area contributed by atoms with Crippen LogP contribution in [0.5, 0.6) is 0 Å². The lowest BCUT2D eigenvalue weighted by molar-refractivity contribution is -0.137. The van der Waals surface area contributed by atoms with Gasteiger partial charge in [-0.15, -0.1) is 0 Å². The summed E-state index contributed by atoms with van der Waals surface area (Å²) in [5.74, 6) is 0.544. The van der Waals surface area contributed by atoms with Gasteiger partial charge in [0.2, 0.25) is 10.0 Å². The van der Waals surface area contributed by atoms with Crippen molar-refractivity contribution in [1.82, 2.24) is 14.3 Å². The number of H-pyrrole nitrogens is 1. The zero-order valence-corrected chi connectivity index (χ0v) is 14.7. The molecule has 24 heavy (non-hydrogen) atoms. The molecule has 0 fully saturated rings. The van der Waals surface area contributed by atoms with Gasteiger partial charge in [-0.2, -0.15) is 13.2 Å². The number of rotatable bonds is 6. The first kappa shape index (κ1) is 19.0. The zero-order valence-electron chi connectivity index (χ0n) is 13.1. The number of unbranched alkanes of at least 4 members (excludes halogenated alkanes) is 1. The molecule has 0 radical (unpaired) electrons. The lowest BCUT2D eigenvalue weighted by Crippen LogP contribution is -2.26.